The van der Waals surface area contributed by atoms with Gasteiger partial charge in [0.1, 0.15) is 17.7 Å². The number of carbonyl (C=O) groups is 2. The molecule has 14 heteroatoms. The van der Waals surface area contributed by atoms with Gasteiger partial charge in [-0.15, -0.1) is 0 Å². The molecule has 0 radical (unpaired) electrons. The first-order chi connectivity index (χ1) is 18.8. The van der Waals surface area contributed by atoms with Gasteiger partial charge in [0.05, 0.1) is 40.8 Å². The van der Waals surface area contributed by atoms with Crippen LogP contribution >= 0.6 is 11.6 Å². The van der Waals surface area contributed by atoms with E-state index in [1.165, 1.54) is 19.2 Å². The lowest BCUT2D eigenvalue weighted by molar-refractivity contribution is -0.258. The molecule has 0 bridgehead atoms. The maximum Gasteiger partial charge on any atom is 0.423 e. The van der Waals surface area contributed by atoms with E-state index in [1.807, 2.05) is 6.07 Å². The number of β-amino-alcohol motifs (C(OH)–C–C–N with tert-alkyl or cyclic N) is 1. The van der Waals surface area contributed by atoms with Crippen molar-refractivity contribution >= 4 is 40.6 Å². The first-order valence-electron chi connectivity index (χ1n) is 11.5. The molecule has 0 aromatic heterocycles. The number of amides is 3. The number of halogens is 6. The Bertz CT molecular complexity index is 1640. The molecular weight excluding hydrogens is 561 g/mol. The van der Waals surface area contributed by atoms with Gasteiger partial charge in [0.2, 0.25) is 5.60 Å². The number of rotatable bonds is 3. The SMILES string of the molecule is CNc1cc(NC(=O)N2C[C@](O)(C(F)(F)F)c3cc(F)ccc32)c2c(c1C#N)C(=O)N[C@@H]2c1cc(F)ccc1Cl. The summed E-state index contributed by atoms with van der Waals surface area (Å²) in [4.78, 5) is 27.1. The van der Waals surface area contributed by atoms with Crippen molar-refractivity contribution in [3.8, 4) is 6.07 Å². The molecule has 0 unspecified atom stereocenters. The van der Waals surface area contributed by atoms with Crippen LogP contribution in [0.4, 0.5) is 43.8 Å². The van der Waals surface area contributed by atoms with Crippen molar-refractivity contribution in [2.24, 2.45) is 0 Å². The van der Waals surface area contributed by atoms with Crippen LogP contribution in [0, 0.1) is 23.0 Å². The van der Waals surface area contributed by atoms with Crippen molar-refractivity contribution in [1.29, 1.82) is 5.26 Å². The summed E-state index contributed by atoms with van der Waals surface area (Å²) in [6.07, 6.45) is -5.25. The average molecular weight is 578 g/mol. The van der Waals surface area contributed by atoms with Crippen molar-refractivity contribution in [2.45, 2.75) is 17.8 Å². The fourth-order valence-electron chi connectivity index (χ4n) is 4.98. The Hall–Kier alpha value is -4.41. The van der Waals surface area contributed by atoms with Gasteiger partial charge in [0.25, 0.3) is 5.91 Å². The van der Waals surface area contributed by atoms with Gasteiger partial charge < -0.3 is 21.1 Å². The third kappa shape index (κ3) is 4.07. The molecule has 206 valence electrons. The van der Waals surface area contributed by atoms with Crippen LogP contribution in [0.25, 0.3) is 0 Å². The molecule has 0 saturated carbocycles. The number of nitriles is 1. The maximum absolute atomic E-state index is 14.1. The number of anilines is 3. The molecule has 2 aliphatic heterocycles. The van der Waals surface area contributed by atoms with Crippen LogP contribution < -0.4 is 20.9 Å². The second-order valence-electron chi connectivity index (χ2n) is 9.11. The summed E-state index contributed by atoms with van der Waals surface area (Å²) >= 11 is 6.27. The Labute approximate surface area is 228 Å². The van der Waals surface area contributed by atoms with E-state index in [4.69, 9.17) is 11.6 Å². The smallest absolute Gasteiger partial charge is 0.387 e. The Morgan fingerprint density at radius 2 is 1.85 bits per heavy atom. The highest BCUT2D eigenvalue weighted by Crippen LogP contribution is 2.49. The van der Waals surface area contributed by atoms with E-state index in [-0.39, 0.29) is 38.7 Å². The molecule has 40 heavy (non-hydrogen) atoms. The van der Waals surface area contributed by atoms with Crippen LogP contribution in [0.3, 0.4) is 0 Å². The van der Waals surface area contributed by atoms with Crippen LogP contribution in [-0.2, 0) is 5.60 Å². The number of hydrogen-bond donors (Lipinski definition) is 4. The van der Waals surface area contributed by atoms with Crippen LogP contribution in [0.15, 0.2) is 42.5 Å². The van der Waals surface area contributed by atoms with E-state index in [1.54, 1.807) is 0 Å². The fraction of sp³-hybridized carbons (Fsp3) is 0.192. The Morgan fingerprint density at radius 1 is 1.18 bits per heavy atom. The molecule has 2 aliphatic rings. The fourth-order valence-corrected chi connectivity index (χ4v) is 5.20. The summed E-state index contributed by atoms with van der Waals surface area (Å²) in [6, 6.07) is 6.55. The summed E-state index contributed by atoms with van der Waals surface area (Å²) in [5.41, 5.74) is -4.95. The van der Waals surface area contributed by atoms with Gasteiger partial charge >= 0.3 is 12.2 Å². The molecule has 0 spiro atoms. The average Bonchev–Trinajstić information content (AvgIpc) is 3.40. The number of hydrogen-bond acceptors (Lipinski definition) is 5. The summed E-state index contributed by atoms with van der Waals surface area (Å²) < 4.78 is 69.6. The van der Waals surface area contributed by atoms with Crippen molar-refractivity contribution in [3.05, 3.63) is 86.9 Å². The highest BCUT2D eigenvalue weighted by molar-refractivity contribution is 6.31. The number of carbonyl (C=O) groups excluding carboxylic acids is 2. The Balaban J connectivity index is 1.64. The molecule has 2 heterocycles. The first-order valence-corrected chi connectivity index (χ1v) is 11.9. The molecular formula is C26H17ClF5N5O3. The molecule has 0 aliphatic carbocycles. The van der Waals surface area contributed by atoms with Crippen molar-refractivity contribution < 1.29 is 36.6 Å². The van der Waals surface area contributed by atoms with Crippen LogP contribution in [0.5, 0.6) is 0 Å². The highest BCUT2D eigenvalue weighted by atomic mass is 35.5. The van der Waals surface area contributed by atoms with Gasteiger partial charge in [-0.25, -0.2) is 13.6 Å². The maximum atomic E-state index is 14.1. The predicted molar refractivity (Wildman–Crippen MR) is 134 cm³/mol. The summed E-state index contributed by atoms with van der Waals surface area (Å²) in [5.74, 6) is -2.48. The molecule has 3 aromatic carbocycles. The Kier molecular flexibility index (Phi) is 6.35. The summed E-state index contributed by atoms with van der Waals surface area (Å²) in [7, 11) is 1.44. The molecule has 3 aromatic rings. The lowest BCUT2D eigenvalue weighted by atomic mass is 9.92. The Morgan fingerprint density at radius 3 is 2.50 bits per heavy atom. The molecule has 4 N–H and O–H groups in total. The lowest BCUT2D eigenvalue weighted by Gasteiger charge is -2.27. The van der Waals surface area contributed by atoms with Gasteiger partial charge in [-0.05, 0) is 42.5 Å². The number of nitrogens with zero attached hydrogens (tertiary/aromatic N) is 2. The summed E-state index contributed by atoms with van der Waals surface area (Å²) in [6.45, 7) is -1.28. The molecule has 5 rings (SSSR count). The molecule has 0 fully saturated rings. The normalized spacial score (nSPS) is 19.5. The quantitative estimate of drug-likeness (QED) is 0.321. The lowest BCUT2D eigenvalue weighted by Crippen LogP contribution is -2.48. The number of aliphatic hydroxyl groups is 1. The zero-order chi connectivity index (χ0) is 29.1. The number of urea groups is 1. The van der Waals surface area contributed by atoms with E-state index >= 15 is 0 Å². The number of alkyl halides is 3. The second kappa shape index (κ2) is 9.35. The second-order valence-corrected chi connectivity index (χ2v) is 9.51. The van der Waals surface area contributed by atoms with E-state index in [2.05, 4.69) is 16.0 Å². The topological polar surface area (TPSA) is 117 Å². The van der Waals surface area contributed by atoms with Gasteiger partial charge in [0.15, 0.2) is 0 Å². The number of benzene rings is 3. The molecule has 2 atom stereocenters. The van der Waals surface area contributed by atoms with E-state index in [9.17, 15) is 41.9 Å². The van der Waals surface area contributed by atoms with Crippen LogP contribution in [0.2, 0.25) is 5.02 Å². The minimum Gasteiger partial charge on any atom is -0.387 e. The monoisotopic (exact) mass is 577 g/mol. The molecule has 8 nitrogen and oxygen atoms in total. The third-order valence-corrected chi connectivity index (χ3v) is 7.19. The molecule has 0 saturated heterocycles. The van der Waals surface area contributed by atoms with E-state index in [0.717, 1.165) is 24.3 Å². The summed E-state index contributed by atoms with van der Waals surface area (Å²) in [5, 5.41) is 28.1. The van der Waals surface area contributed by atoms with Gasteiger partial charge in [-0.2, -0.15) is 18.4 Å². The van der Waals surface area contributed by atoms with Crippen molar-refractivity contribution in [1.82, 2.24) is 5.32 Å². The van der Waals surface area contributed by atoms with Gasteiger partial charge in [-0.1, -0.05) is 11.6 Å². The largest absolute Gasteiger partial charge is 0.423 e. The molecule has 3 amide bonds. The van der Waals surface area contributed by atoms with Gasteiger partial charge in [-0.3, -0.25) is 9.69 Å². The van der Waals surface area contributed by atoms with Gasteiger partial charge in [0, 0.05) is 28.8 Å². The zero-order valence-electron chi connectivity index (χ0n) is 20.3. The van der Waals surface area contributed by atoms with Crippen molar-refractivity contribution in [2.75, 3.05) is 29.1 Å². The van der Waals surface area contributed by atoms with E-state index in [0.29, 0.717) is 11.0 Å². The minimum atomic E-state index is -5.25. The highest BCUT2D eigenvalue weighted by Gasteiger charge is 2.61. The van der Waals surface area contributed by atoms with Crippen LogP contribution in [-0.4, -0.2) is 36.8 Å². The third-order valence-electron chi connectivity index (χ3n) is 6.85. The zero-order valence-corrected chi connectivity index (χ0v) is 21.0. The van der Waals surface area contributed by atoms with E-state index < -0.39 is 59.2 Å². The van der Waals surface area contributed by atoms with Crippen LogP contribution in [0.1, 0.15) is 38.7 Å². The first kappa shape index (κ1) is 27.2. The predicted octanol–water partition coefficient (Wildman–Crippen LogP) is 5.17. The number of fused-ring (bicyclic) bond motifs is 2. The minimum absolute atomic E-state index is 0.0195. The standard InChI is InChI=1S/C26H17ClF5N5O3/c1-34-17-8-18(21-20(14(17)9-33)23(38)36-22(21)13-6-11(28)2-4-16(13)27)35-24(39)37-10-25(40,26(30,31)32)15-7-12(29)3-5-19(15)37/h2-8,22,34,40H,10H2,1H3,(H,35,39)(H,36,38)/t22-,25-/m1/s1. The van der Waals surface area contributed by atoms with Crippen molar-refractivity contribution in [3.63, 3.8) is 0 Å². The number of nitrogens with one attached hydrogen (secondary N) is 3.